The summed E-state index contributed by atoms with van der Waals surface area (Å²) in [6.45, 7) is 5.46. The first kappa shape index (κ1) is 12.8. The minimum atomic E-state index is -0.278. The van der Waals surface area contributed by atoms with Crippen LogP contribution >= 0.6 is 0 Å². The molecule has 0 heterocycles. The van der Waals surface area contributed by atoms with Gasteiger partial charge < -0.3 is 5.32 Å². The van der Waals surface area contributed by atoms with E-state index in [1.807, 2.05) is 13.8 Å². The highest BCUT2D eigenvalue weighted by atomic mass is 19.1. The largest absolute Gasteiger partial charge is 0.317 e. The fourth-order valence-corrected chi connectivity index (χ4v) is 1.54. The van der Waals surface area contributed by atoms with Crippen molar-refractivity contribution in [2.45, 2.75) is 26.7 Å². The molecule has 0 unspecified atom stereocenters. The Morgan fingerprint density at radius 1 is 1.44 bits per heavy atom. The summed E-state index contributed by atoms with van der Waals surface area (Å²) in [6, 6.07) is 4.57. The van der Waals surface area contributed by atoms with Crippen molar-refractivity contribution in [1.82, 2.24) is 5.32 Å². The van der Waals surface area contributed by atoms with Crippen LogP contribution in [-0.4, -0.2) is 18.9 Å². The van der Waals surface area contributed by atoms with Crippen LogP contribution < -0.4 is 5.32 Å². The molecule has 0 radical (unpaired) electrons. The molecular weight excluding hydrogens is 205 g/mol. The van der Waals surface area contributed by atoms with E-state index in [1.54, 1.807) is 6.07 Å². The molecule has 0 aromatic heterocycles. The normalized spacial score (nSPS) is 10.4. The number of hydrogen-bond acceptors (Lipinski definition) is 2. The van der Waals surface area contributed by atoms with Crippen LogP contribution in [0.1, 0.15) is 24.5 Å². The summed E-state index contributed by atoms with van der Waals surface area (Å²) in [7, 11) is 0. The summed E-state index contributed by atoms with van der Waals surface area (Å²) in [4.78, 5) is 11.6. The molecule has 1 aromatic rings. The molecule has 1 rings (SSSR count). The van der Waals surface area contributed by atoms with Crippen molar-refractivity contribution in [3.63, 3.8) is 0 Å². The lowest BCUT2D eigenvalue weighted by Gasteiger charge is -2.05. The van der Waals surface area contributed by atoms with Crippen LogP contribution in [-0.2, 0) is 11.2 Å². The highest BCUT2D eigenvalue weighted by Gasteiger charge is 2.06. The Morgan fingerprint density at radius 3 is 2.88 bits per heavy atom. The molecule has 1 N–H and O–H groups in total. The second-order valence-electron chi connectivity index (χ2n) is 3.89. The van der Waals surface area contributed by atoms with E-state index >= 15 is 0 Å². The Balaban J connectivity index is 2.52. The van der Waals surface area contributed by atoms with E-state index in [4.69, 9.17) is 0 Å². The number of halogens is 1. The lowest BCUT2D eigenvalue weighted by atomic mass is 10.0. The fraction of sp³-hybridized carbons (Fsp3) is 0.462. The Kier molecular flexibility index (Phi) is 5.12. The summed E-state index contributed by atoms with van der Waals surface area (Å²) >= 11 is 0. The van der Waals surface area contributed by atoms with Gasteiger partial charge in [-0.25, -0.2) is 4.39 Å². The minimum absolute atomic E-state index is 0.148. The molecule has 0 aliphatic heterocycles. The molecule has 0 bridgehead atoms. The Labute approximate surface area is 95.9 Å². The van der Waals surface area contributed by atoms with Gasteiger partial charge in [0.1, 0.15) is 11.6 Å². The maximum atomic E-state index is 13.0. The third-order valence-corrected chi connectivity index (χ3v) is 2.53. The van der Waals surface area contributed by atoms with Crippen molar-refractivity contribution in [3.8, 4) is 0 Å². The number of carbonyl (C=O) groups excluding carboxylic acids is 1. The van der Waals surface area contributed by atoms with Crippen LogP contribution in [0.3, 0.4) is 0 Å². The topological polar surface area (TPSA) is 29.1 Å². The zero-order valence-electron chi connectivity index (χ0n) is 9.85. The van der Waals surface area contributed by atoms with Gasteiger partial charge in [-0.1, -0.05) is 13.0 Å². The summed E-state index contributed by atoms with van der Waals surface area (Å²) in [5, 5.41) is 3.10. The van der Waals surface area contributed by atoms with Gasteiger partial charge in [0.15, 0.2) is 0 Å². The molecule has 2 nitrogen and oxygen atoms in total. The first-order valence-electron chi connectivity index (χ1n) is 5.61. The molecule has 0 fully saturated rings. The van der Waals surface area contributed by atoms with Crippen molar-refractivity contribution in [1.29, 1.82) is 0 Å². The van der Waals surface area contributed by atoms with E-state index in [2.05, 4.69) is 5.32 Å². The van der Waals surface area contributed by atoms with Gasteiger partial charge in [0, 0.05) is 19.4 Å². The summed E-state index contributed by atoms with van der Waals surface area (Å²) in [6.07, 6.45) is 0.832. The Hall–Kier alpha value is -1.22. The van der Waals surface area contributed by atoms with E-state index in [0.29, 0.717) is 19.4 Å². The van der Waals surface area contributed by atoms with Gasteiger partial charge in [-0.05, 0) is 36.7 Å². The van der Waals surface area contributed by atoms with Gasteiger partial charge in [0.25, 0.3) is 0 Å². The molecule has 0 saturated carbocycles. The zero-order chi connectivity index (χ0) is 12.0. The van der Waals surface area contributed by atoms with Gasteiger partial charge in [-0.2, -0.15) is 0 Å². The Morgan fingerprint density at radius 2 is 2.19 bits per heavy atom. The molecule has 0 amide bonds. The average Bonchev–Trinajstić information content (AvgIpc) is 2.24. The van der Waals surface area contributed by atoms with Gasteiger partial charge in [-0.3, -0.25) is 4.79 Å². The van der Waals surface area contributed by atoms with Crippen molar-refractivity contribution in [2.75, 3.05) is 13.1 Å². The third kappa shape index (κ3) is 4.11. The van der Waals surface area contributed by atoms with Gasteiger partial charge in [0.05, 0.1) is 0 Å². The maximum absolute atomic E-state index is 13.0. The van der Waals surface area contributed by atoms with Gasteiger partial charge in [-0.15, -0.1) is 0 Å². The van der Waals surface area contributed by atoms with E-state index in [-0.39, 0.29) is 11.6 Å². The summed E-state index contributed by atoms with van der Waals surface area (Å²) < 4.78 is 13.0. The SMILES string of the molecule is CCNCCC(=O)Cc1cc(F)ccc1C. The van der Waals surface area contributed by atoms with Crippen molar-refractivity contribution < 1.29 is 9.18 Å². The number of carbonyl (C=O) groups is 1. The third-order valence-electron chi connectivity index (χ3n) is 2.53. The van der Waals surface area contributed by atoms with Gasteiger partial charge in [0.2, 0.25) is 0 Å². The standard InChI is InChI=1S/C13H18FNO/c1-3-15-7-6-13(16)9-11-8-12(14)5-4-10(11)2/h4-5,8,15H,3,6-7,9H2,1-2H3. The number of hydrogen-bond donors (Lipinski definition) is 1. The van der Waals surface area contributed by atoms with Crippen LogP contribution in [0.5, 0.6) is 0 Å². The average molecular weight is 223 g/mol. The predicted molar refractivity (Wildman–Crippen MR) is 63.0 cm³/mol. The zero-order valence-corrected chi connectivity index (χ0v) is 9.85. The number of Topliss-reactive ketones (excluding diaryl/α,β-unsaturated/α-hetero) is 1. The predicted octanol–water partition coefficient (Wildman–Crippen LogP) is 2.25. The number of ketones is 1. The molecular formula is C13H18FNO. The first-order valence-corrected chi connectivity index (χ1v) is 5.61. The summed E-state index contributed by atoms with van der Waals surface area (Å²) in [5.74, 6) is -0.130. The lowest BCUT2D eigenvalue weighted by Crippen LogP contribution is -2.18. The number of benzene rings is 1. The first-order chi connectivity index (χ1) is 7.63. The molecule has 0 spiro atoms. The lowest BCUT2D eigenvalue weighted by molar-refractivity contribution is -0.118. The second kappa shape index (κ2) is 6.38. The van der Waals surface area contributed by atoms with Crippen molar-refractivity contribution in [3.05, 3.63) is 35.1 Å². The van der Waals surface area contributed by atoms with Crippen LogP contribution in [0, 0.1) is 12.7 Å². The van der Waals surface area contributed by atoms with Crippen molar-refractivity contribution in [2.24, 2.45) is 0 Å². The van der Waals surface area contributed by atoms with Crippen molar-refractivity contribution >= 4 is 5.78 Å². The molecule has 0 aliphatic carbocycles. The van der Waals surface area contributed by atoms with Crippen LogP contribution in [0.2, 0.25) is 0 Å². The van der Waals surface area contributed by atoms with E-state index < -0.39 is 0 Å². The van der Waals surface area contributed by atoms with E-state index in [1.165, 1.54) is 12.1 Å². The van der Waals surface area contributed by atoms with Crippen LogP contribution in [0.25, 0.3) is 0 Å². The number of nitrogens with one attached hydrogen (secondary N) is 1. The van der Waals surface area contributed by atoms with E-state index in [9.17, 15) is 9.18 Å². The minimum Gasteiger partial charge on any atom is -0.317 e. The Bertz CT molecular complexity index is 363. The van der Waals surface area contributed by atoms with Crippen LogP contribution in [0.4, 0.5) is 4.39 Å². The van der Waals surface area contributed by atoms with Crippen LogP contribution in [0.15, 0.2) is 18.2 Å². The van der Waals surface area contributed by atoms with E-state index in [0.717, 1.165) is 17.7 Å². The second-order valence-corrected chi connectivity index (χ2v) is 3.89. The monoisotopic (exact) mass is 223 g/mol. The molecule has 0 saturated heterocycles. The molecule has 3 heteroatoms. The molecule has 16 heavy (non-hydrogen) atoms. The molecule has 1 aromatic carbocycles. The number of rotatable bonds is 6. The molecule has 0 aliphatic rings. The fourth-order valence-electron chi connectivity index (χ4n) is 1.54. The molecule has 0 atom stereocenters. The van der Waals surface area contributed by atoms with Gasteiger partial charge >= 0.3 is 0 Å². The quantitative estimate of drug-likeness (QED) is 0.749. The summed E-state index contributed by atoms with van der Waals surface area (Å²) in [5.41, 5.74) is 1.76. The highest BCUT2D eigenvalue weighted by molar-refractivity contribution is 5.81. The molecule has 88 valence electrons. The maximum Gasteiger partial charge on any atom is 0.138 e. The smallest absolute Gasteiger partial charge is 0.138 e. The number of aryl methyl sites for hydroxylation is 1. The highest BCUT2D eigenvalue weighted by Crippen LogP contribution is 2.11.